The molecule has 2 heterocycles. The molecule has 0 aliphatic carbocycles. The van der Waals surface area contributed by atoms with Gasteiger partial charge in [-0.25, -0.2) is 4.39 Å². The molecule has 0 saturated carbocycles. The summed E-state index contributed by atoms with van der Waals surface area (Å²) in [6.07, 6.45) is 3.07. The number of hydrogen-bond acceptors (Lipinski definition) is 4. The fourth-order valence-electron chi connectivity index (χ4n) is 5.09. The van der Waals surface area contributed by atoms with Crippen LogP contribution in [-0.2, 0) is 13.1 Å². The van der Waals surface area contributed by atoms with Gasteiger partial charge in [-0.15, -0.1) is 0 Å². The minimum Gasteiger partial charge on any atom is -0.463 e. The van der Waals surface area contributed by atoms with Crippen LogP contribution in [0.4, 0.5) is 4.39 Å². The third-order valence-corrected chi connectivity index (χ3v) is 7.43. The molecule has 38 heavy (non-hydrogen) atoms. The zero-order valence-corrected chi connectivity index (χ0v) is 22.0. The molecule has 0 spiro atoms. The molecule has 2 N–H and O–H groups in total. The zero-order chi connectivity index (χ0) is 26.5. The SMILES string of the molecule is NCCCn1cc(-c2ccc(OCF)cc2)c2cc(CN3CCN(C(=O)c4ccccc4Cl)CC3)ccc21. The summed E-state index contributed by atoms with van der Waals surface area (Å²) in [5.74, 6) is 0.499. The lowest BCUT2D eigenvalue weighted by molar-refractivity contribution is 0.0628. The lowest BCUT2D eigenvalue weighted by atomic mass is 10.0. The van der Waals surface area contributed by atoms with Gasteiger partial charge in [-0.05, 0) is 60.5 Å². The van der Waals surface area contributed by atoms with E-state index in [9.17, 15) is 9.18 Å². The van der Waals surface area contributed by atoms with Gasteiger partial charge in [-0.1, -0.05) is 41.9 Å². The van der Waals surface area contributed by atoms with Crippen molar-refractivity contribution >= 4 is 28.4 Å². The summed E-state index contributed by atoms with van der Waals surface area (Å²) < 4.78 is 19.8. The van der Waals surface area contributed by atoms with Crippen molar-refractivity contribution in [2.45, 2.75) is 19.5 Å². The number of carbonyl (C=O) groups excluding carboxylic acids is 1. The van der Waals surface area contributed by atoms with Gasteiger partial charge in [-0.3, -0.25) is 9.69 Å². The van der Waals surface area contributed by atoms with E-state index in [0.29, 0.717) is 36.0 Å². The highest BCUT2D eigenvalue weighted by atomic mass is 35.5. The van der Waals surface area contributed by atoms with E-state index in [4.69, 9.17) is 22.1 Å². The van der Waals surface area contributed by atoms with Gasteiger partial charge in [0.05, 0.1) is 10.6 Å². The van der Waals surface area contributed by atoms with Crippen molar-refractivity contribution in [3.8, 4) is 16.9 Å². The van der Waals surface area contributed by atoms with Gasteiger partial charge in [0, 0.05) is 61.9 Å². The number of aromatic nitrogens is 1. The van der Waals surface area contributed by atoms with Crippen molar-refractivity contribution in [3.63, 3.8) is 0 Å². The first-order chi connectivity index (χ1) is 18.6. The number of piperazine rings is 1. The number of nitrogens with two attached hydrogens (primary N) is 1. The molecule has 198 valence electrons. The maximum atomic E-state index is 12.9. The summed E-state index contributed by atoms with van der Waals surface area (Å²) in [6.45, 7) is 4.37. The Balaban J connectivity index is 1.33. The van der Waals surface area contributed by atoms with Gasteiger partial charge in [0.15, 0.2) is 0 Å². The number of ether oxygens (including phenoxy) is 1. The van der Waals surface area contributed by atoms with Crippen LogP contribution in [0, 0.1) is 0 Å². The Bertz CT molecular complexity index is 1400. The smallest absolute Gasteiger partial charge is 0.255 e. The highest BCUT2D eigenvalue weighted by Crippen LogP contribution is 2.33. The fourth-order valence-corrected chi connectivity index (χ4v) is 5.30. The van der Waals surface area contributed by atoms with Crippen molar-refractivity contribution in [1.82, 2.24) is 14.4 Å². The zero-order valence-electron chi connectivity index (χ0n) is 21.3. The number of benzene rings is 3. The summed E-state index contributed by atoms with van der Waals surface area (Å²) in [4.78, 5) is 17.2. The van der Waals surface area contributed by atoms with Crippen LogP contribution in [-0.4, -0.2) is 59.9 Å². The lowest BCUT2D eigenvalue weighted by Crippen LogP contribution is -2.48. The van der Waals surface area contributed by atoms with E-state index in [1.54, 1.807) is 24.3 Å². The topological polar surface area (TPSA) is 63.7 Å². The second-order valence-electron chi connectivity index (χ2n) is 9.56. The lowest BCUT2D eigenvalue weighted by Gasteiger charge is -2.35. The molecule has 1 aromatic heterocycles. The molecule has 5 rings (SSSR count). The Morgan fingerprint density at radius 1 is 1.00 bits per heavy atom. The Morgan fingerprint density at radius 2 is 1.76 bits per heavy atom. The maximum absolute atomic E-state index is 12.9. The van der Waals surface area contributed by atoms with Crippen LogP contribution in [0.2, 0.25) is 5.02 Å². The van der Waals surface area contributed by atoms with Gasteiger partial charge in [0.2, 0.25) is 6.86 Å². The van der Waals surface area contributed by atoms with Crippen LogP contribution in [0.15, 0.2) is 72.9 Å². The van der Waals surface area contributed by atoms with Crippen molar-refractivity contribution in [3.05, 3.63) is 89.1 Å². The average Bonchev–Trinajstić information content (AvgIpc) is 3.30. The van der Waals surface area contributed by atoms with Gasteiger partial charge in [0.1, 0.15) is 5.75 Å². The molecule has 1 aliphatic heterocycles. The number of amides is 1. The summed E-state index contributed by atoms with van der Waals surface area (Å²) in [5.41, 5.74) is 10.9. The van der Waals surface area contributed by atoms with Crippen LogP contribution < -0.4 is 10.5 Å². The number of hydrogen-bond donors (Lipinski definition) is 1. The Labute approximate surface area is 227 Å². The van der Waals surface area contributed by atoms with Gasteiger partial charge >= 0.3 is 0 Å². The third-order valence-electron chi connectivity index (χ3n) is 7.11. The molecule has 0 unspecified atom stereocenters. The van der Waals surface area contributed by atoms with Crippen LogP contribution >= 0.6 is 11.6 Å². The largest absolute Gasteiger partial charge is 0.463 e. The first kappa shape index (κ1) is 26.2. The molecule has 1 amide bonds. The molecule has 1 fully saturated rings. The van der Waals surface area contributed by atoms with E-state index < -0.39 is 6.86 Å². The summed E-state index contributed by atoms with van der Waals surface area (Å²) in [6, 6.07) is 21.4. The number of aryl methyl sites for hydroxylation is 1. The molecule has 6 nitrogen and oxygen atoms in total. The van der Waals surface area contributed by atoms with Gasteiger partial charge in [0.25, 0.3) is 5.91 Å². The van der Waals surface area contributed by atoms with Crippen molar-refractivity contribution in [2.24, 2.45) is 5.73 Å². The minimum absolute atomic E-state index is 0.0111. The van der Waals surface area contributed by atoms with E-state index in [0.717, 1.165) is 49.2 Å². The number of nitrogens with zero attached hydrogens (tertiary/aromatic N) is 3. The second kappa shape index (κ2) is 12.0. The van der Waals surface area contributed by atoms with Crippen molar-refractivity contribution in [2.75, 3.05) is 39.6 Å². The number of rotatable bonds is 9. The predicted molar refractivity (Wildman–Crippen MR) is 150 cm³/mol. The van der Waals surface area contributed by atoms with Crippen molar-refractivity contribution < 1.29 is 13.9 Å². The quantitative estimate of drug-likeness (QED) is 0.305. The molecular weight excluding hydrogens is 503 g/mol. The van der Waals surface area contributed by atoms with E-state index in [-0.39, 0.29) is 5.91 Å². The maximum Gasteiger partial charge on any atom is 0.255 e. The van der Waals surface area contributed by atoms with E-state index >= 15 is 0 Å². The average molecular weight is 535 g/mol. The van der Waals surface area contributed by atoms with Gasteiger partial charge in [-0.2, -0.15) is 0 Å². The van der Waals surface area contributed by atoms with Crippen LogP contribution in [0.5, 0.6) is 5.75 Å². The Morgan fingerprint density at radius 3 is 2.47 bits per heavy atom. The number of carbonyl (C=O) groups is 1. The first-order valence-electron chi connectivity index (χ1n) is 12.9. The molecule has 0 bridgehead atoms. The molecule has 3 aromatic carbocycles. The number of halogens is 2. The predicted octanol–water partition coefficient (Wildman–Crippen LogP) is 5.57. The van der Waals surface area contributed by atoms with Crippen molar-refractivity contribution in [1.29, 1.82) is 0 Å². The molecule has 8 heteroatoms. The molecule has 4 aromatic rings. The van der Waals surface area contributed by atoms with E-state index in [1.165, 1.54) is 10.9 Å². The highest BCUT2D eigenvalue weighted by molar-refractivity contribution is 6.33. The normalized spacial score (nSPS) is 14.2. The Kier molecular flexibility index (Phi) is 8.27. The monoisotopic (exact) mass is 534 g/mol. The van der Waals surface area contributed by atoms with Crippen LogP contribution in [0.3, 0.4) is 0 Å². The van der Waals surface area contributed by atoms with Crippen LogP contribution in [0.25, 0.3) is 22.0 Å². The summed E-state index contributed by atoms with van der Waals surface area (Å²) in [7, 11) is 0. The minimum atomic E-state index is -0.844. The molecule has 0 atom stereocenters. The number of fused-ring (bicyclic) bond motifs is 1. The molecule has 0 radical (unpaired) electrons. The molecule has 1 aliphatic rings. The van der Waals surface area contributed by atoms with Gasteiger partial charge < -0.3 is 19.9 Å². The second-order valence-corrected chi connectivity index (χ2v) is 9.96. The Hall–Kier alpha value is -3.39. The third kappa shape index (κ3) is 5.70. The highest BCUT2D eigenvalue weighted by Gasteiger charge is 2.23. The first-order valence-corrected chi connectivity index (χ1v) is 13.3. The summed E-state index contributed by atoms with van der Waals surface area (Å²) in [5, 5.41) is 1.67. The molecular formula is C30H32ClFN4O2. The summed E-state index contributed by atoms with van der Waals surface area (Å²) >= 11 is 6.24. The number of alkyl halides is 1. The fraction of sp³-hybridized carbons (Fsp3) is 0.300. The van der Waals surface area contributed by atoms with E-state index in [2.05, 4.69) is 33.9 Å². The standard InChI is InChI=1S/C30H32ClFN4O2/c31-28-5-2-1-4-25(28)30(37)35-16-14-34(15-17-35)19-22-6-11-29-26(18-22)27(20-36(29)13-3-12-33)23-7-9-24(10-8-23)38-21-32/h1-2,4-11,18,20H,3,12-17,19,21,33H2. The molecule has 1 saturated heterocycles. The van der Waals surface area contributed by atoms with Crippen LogP contribution in [0.1, 0.15) is 22.3 Å². The van der Waals surface area contributed by atoms with E-state index in [1.807, 2.05) is 29.2 Å².